The molecule has 0 aliphatic carbocycles. The standard InChI is InChI=1S/C15H29N7.HI/c1-16-15(21(4)10-13-8-18-22(5)11-13)17-9-14-12-19(2)6-7-20(14)3;/h8,11,14H,6-7,9-10,12H2,1-5H3,(H,16,17);1H. The predicted octanol–water partition coefficient (Wildman–Crippen LogP) is 0.291. The highest BCUT2D eigenvalue weighted by molar-refractivity contribution is 14.0. The van der Waals surface area contributed by atoms with Crippen molar-refractivity contribution < 1.29 is 0 Å². The number of guanidine groups is 1. The average molecular weight is 435 g/mol. The van der Waals surface area contributed by atoms with E-state index in [0.717, 1.165) is 38.7 Å². The molecule has 1 atom stereocenters. The molecule has 0 aromatic carbocycles. The fraction of sp³-hybridized carbons (Fsp3) is 0.733. The van der Waals surface area contributed by atoms with E-state index in [2.05, 4.69) is 51.3 Å². The van der Waals surface area contributed by atoms with Gasteiger partial charge in [-0.25, -0.2) is 0 Å². The Morgan fingerprint density at radius 1 is 1.39 bits per heavy atom. The van der Waals surface area contributed by atoms with Gasteiger partial charge >= 0.3 is 0 Å². The summed E-state index contributed by atoms with van der Waals surface area (Å²) >= 11 is 0. The van der Waals surface area contributed by atoms with Crippen molar-refractivity contribution in [2.24, 2.45) is 12.0 Å². The molecule has 7 nitrogen and oxygen atoms in total. The number of aryl methyl sites for hydroxylation is 1. The van der Waals surface area contributed by atoms with E-state index in [1.165, 1.54) is 5.56 Å². The Morgan fingerprint density at radius 3 is 2.74 bits per heavy atom. The maximum absolute atomic E-state index is 4.39. The van der Waals surface area contributed by atoms with Crippen molar-refractivity contribution in [1.29, 1.82) is 0 Å². The summed E-state index contributed by atoms with van der Waals surface area (Å²) < 4.78 is 1.83. The summed E-state index contributed by atoms with van der Waals surface area (Å²) in [4.78, 5) is 11.3. The third-order valence-corrected chi connectivity index (χ3v) is 4.23. The zero-order chi connectivity index (χ0) is 16.1. The molecule has 1 aliphatic heterocycles. The van der Waals surface area contributed by atoms with E-state index < -0.39 is 0 Å². The molecule has 2 heterocycles. The second-order valence-corrected chi connectivity index (χ2v) is 6.20. The van der Waals surface area contributed by atoms with Gasteiger partial charge in [-0.05, 0) is 14.1 Å². The first-order valence-corrected chi connectivity index (χ1v) is 7.77. The lowest BCUT2D eigenvalue weighted by Gasteiger charge is -2.38. The first-order valence-electron chi connectivity index (χ1n) is 7.77. The number of aliphatic imine (C=N–C) groups is 1. The van der Waals surface area contributed by atoms with Crippen LogP contribution in [0.15, 0.2) is 17.4 Å². The van der Waals surface area contributed by atoms with Gasteiger partial charge in [-0.3, -0.25) is 14.6 Å². The van der Waals surface area contributed by atoms with Crippen LogP contribution in [0.2, 0.25) is 0 Å². The van der Waals surface area contributed by atoms with E-state index in [1.54, 1.807) is 0 Å². The molecule has 0 saturated carbocycles. The van der Waals surface area contributed by atoms with Crippen molar-refractivity contribution in [2.45, 2.75) is 12.6 Å². The van der Waals surface area contributed by atoms with Crippen molar-refractivity contribution in [3.63, 3.8) is 0 Å². The molecule has 0 spiro atoms. The molecule has 0 radical (unpaired) electrons. The van der Waals surface area contributed by atoms with Crippen LogP contribution in [0.1, 0.15) is 5.56 Å². The molecule has 1 aromatic heterocycles. The fourth-order valence-corrected chi connectivity index (χ4v) is 2.82. The molecule has 1 unspecified atom stereocenters. The van der Waals surface area contributed by atoms with Crippen LogP contribution in [0, 0.1) is 0 Å². The van der Waals surface area contributed by atoms with E-state index in [1.807, 2.05) is 31.2 Å². The van der Waals surface area contributed by atoms with Gasteiger partial charge in [-0.15, -0.1) is 24.0 Å². The number of hydrogen-bond donors (Lipinski definition) is 1. The van der Waals surface area contributed by atoms with Crippen LogP contribution in [-0.2, 0) is 13.6 Å². The second-order valence-electron chi connectivity index (χ2n) is 6.20. The smallest absolute Gasteiger partial charge is 0.193 e. The Hall–Kier alpha value is -0.870. The molecule has 0 bridgehead atoms. The predicted molar refractivity (Wildman–Crippen MR) is 105 cm³/mol. The lowest BCUT2D eigenvalue weighted by Crippen LogP contribution is -2.55. The Labute approximate surface area is 156 Å². The van der Waals surface area contributed by atoms with Gasteiger partial charge in [0.2, 0.25) is 0 Å². The summed E-state index contributed by atoms with van der Waals surface area (Å²) in [6.45, 7) is 5.06. The molecule has 1 aliphatic rings. The number of likely N-dealkylation sites (N-methyl/N-ethyl adjacent to an activating group) is 2. The number of halogens is 1. The molecular formula is C15H30IN7. The van der Waals surface area contributed by atoms with E-state index in [9.17, 15) is 0 Å². The topological polar surface area (TPSA) is 51.9 Å². The van der Waals surface area contributed by atoms with Crippen molar-refractivity contribution >= 4 is 29.9 Å². The SMILES string of the molecule is CN=C(NCC1CN(C)CCN1C)N(C)Cc1cnn(C)c1.I. The van der Waals surface area contributed by atoms with Gasteiger partial charge in [0, 0.05) is 71.7 Å². The van der Waals surface area contributed by atoms with Crippen LogP contribution in [0.4, 0.5) is 0 Å². The van der Waals surface area contributed by atoms with Crippen LogP contribution in [0.3, 0.4) is 0 Å². The fourth-order valence-electron chi connectivity index (χ4n) is 2.82. The molecule has 132 valence electrons. The zero-order valence-electron chi connectivity index (χ0n) is 14.9. The van der Waals surface area contributed by atoms with Gasteiger partial charge in [0.25, 0.3) is 0 Å². The lowest BCUT2D eigenvalue weighted by molar-refractivity contribution is 0.116. The number of piperazine rings is 1. The van der Waals surface area contributed by atoms with E-state index in [-0.39, 0.29) is 24.0 Å². The van der Waals surface area contributed by atoms with Crippen LogP contribution < -0.4 is 5.32 Å². The summed E-state index contributed by atoms with van der Waals surface area (Å²) in [7, 11) is 10.2. The van der Waals surface area contributed by atoms with Gasteiger partial charge in [-0.2, -0.15) is 5.10 Å². The van der Waals surface area contributed by atoms with Crippen molar-refractivity contribution in [3.05, 3.63) is 18.0 Å². The summed E-state index contributed by atoms with van der Waals surface area (Å²) in [5.74, 6) is 0.922. The van der Waals surface area contributed by atoms with Crippen LogP contribution in [-0.4, -0.2) is 90.9 Å². The van der Waals surface area contributed by atoms with Gasteiger partial charge in [-0.1, -0.05) is 0 Å². The van der Waals surface area contributed by atoms with Gasteiger partial charge in [0.05, 0.1) is 6.20 Å². The van der Waals surface area contributed by atoms with E-state index in [4.69, 9.17) is 0 Å². The number of nitrogens with zero attached hydrogens (tertiary/aromatic N) is 6. The molecule has 8 heteroatoms. The normalized spacial score (nSPS) is 20.2. The van der Waals surface area contributed by atoms with Crippen molar-refractivity contribution in [2.75, 3.05) is 54.4 Å². The van der Waals surface area contributed by atoms with Gasteiger partial charge in [0.1, 0.15) is 0 Å². The second kappa shape index (κ2) is 9.43. The number of rotatable bonds is 4. The third-order valence-electron chi connectivity index (χ3n) is 4.23. The van der Waals surface area contributed by atoms with Crippen LogP contribution in [0.25, 0.3) is 0 Å². The molecule has 23 heavy (non-hydrogen) atoms. The van der Waals surface area contributed by atoms with Gasteiger partial charge < -0.3 is 15.1 Å². The minimum atomic E-state index is 0. The van der Waals surface area contributed by atoms with Crippen LogP contribution in [0.5, 0.6) is 0 Å². The molecule has 1 N–H and O–H groups in total. The Kier molecular flexibility index (Phi) is 8.27. The summed E-state index contributed by atoms with van der Waals surface area (Å²) in [6, 6.07) is 0.516. The van der Waals surface area contributed by atoms with E-state index in [0.29, 0.717) is 6.04 Å². The number of nitrogens with one attached hydrogen (secondary N) is 1. The molecule has 1 fully saturated rings. The lowest BCUT2D eigenvalue weighted by atomic mass is 10.2. The Morgan fingerprint density at radius 2 is 2.13 bits per heavy atom. The minimum absolute atomic E-state index is 0. The largest absolute Gasteiger partial charge is 0.355 e. The summed E-state index contributed by atoms with van der Waals surface area (Å²) in [5, 5.41) is 7.71. The number of aromatic nitrogens is 2. The highest BCUT2D eigenvalue weighted by Crippen LogP contribution is 2.06. The number of hydrogen-bond acceptors (Lipinski definition) is 4. The molecule has 1 aromatic rings. The molecular weight excluding hydrogens is 405 g/mol. The maximum atomic E-state index is 4.39. The van der Waals surface area contributed by atoms with Gasteiger partial charge in [0.15, 0.2) is 5.96 Å². The monoisotopic (exact) mass is 435 g/mol. The average Bonchev–Trinajstić information content (AvgIpc) is 2.88. The van der Waals surface area contributed by atoms with Crippen molar-refractivity contribution in [3.8, 4) is 0 Å². The first kappa shape index (κ1) is 20.2. The van der Waals surface area contributed by atoms with E-state index >= 15 is 0 Å². The Bertz CT molecular complexity index is 502. The zero-order valence-corrected chi connectivity index (χ0v) is 17.2. The van der Waals surface area contributed by atoms with Crippen molar-refractivity contribution in [1.82, 2.24) is 29.8 Å². The van der Waals surface area contributed by atoms with Crippen LogP contribution >= 0.6 is 24.0 Å². The molecule has 2 rings (SSSR count). The summed E-state index contributed by atoms with van der Waals surface area (Å²) in [6.07, 6.45) is 3.93. The quantitative estimate of drug-likeness (QED) is 0.419. The minimum Gasteiger partial charge on any atom is -0.355 e. The highest BCUT2D eigenvalue weighted by atomic mass is 127. The summed E-state index contributed by atoms with van der Waals surface area (Å²) in [5.41, 5.74) is 1.18. The molecule has 0 amide bonds. The highest BCUT2D eigenvalue weighted by Gasteiger charge is 2.22. The Balaban J connectivity index is 0.00000264. The first-order chi connectivity index (χ1) is 10.5. The molecule has 1 saturated heterocycles. The maximum Gasteiger partial charge on any atom is 0.193 e. The third kappa shape index (κ3) is 5.92.